The standard InChI is InChI=1S/C16H16N2O3/c1-21-16(20)12-7-8-18-13(10-12)15(17)14(19)9-11-5-3-2-4-6-11/h2-8,10,14,17,19H,9H2,1H3. The van der Waals surface area contributed by atoms with Crippen molar-refractivity contribution in [3.8, 4) is 0 Å². The smallest absolute Gasteiger partial charge is 0.337 e. The number of rotatable bonds is 5. The van der Waals surface area contributed by atoms with E-state index in [0.717, 1.165) is 5.56 Å². The second kappa shape index (κ2) is 6.76. The van der Waals surface area contributed by atoms with E-state index in [0.29, 0.717) is 12.0 Å². The minimum Gasteiger partial charge on any atom is -0.465 e. The lowest BCUT2D eigenvalue weighted by Gasteiger charge is -2.12. The summed E-state index contributed by atoms with van der Waals surface area (Å²) in [7, 11) is 1.29. The van der Waals surface area contributed by atoms with E-state index < -0.39 is 12.1 Å². The minimum absolute atomic E-state index is 0.0235. The van der Waals surface area contributed by atoms with Gasteiger partial charge in [0.05, 0.1) is 24.1 Å². The van der Waals surface area contributed by atoms with Gasteiger partial charge in [-0.25, -0.2) is 4.79 Å². The first-order chi connectivity index (χ1) is 10.1. The fourth-order valence-electron chi connectivity index (χ4n) is 1.93. The first-order valence-electron chi connectivity index (χ1n) is 6.47. The molecule has 0 saturated heterocycles. The number of carbonyl (C=O) groups is 1. The number of ether oxygens (including phenoxy) is 1. The predicted molar refractivity (Wildman–Crippen MR) is 78.6 cm³/mol. The number of nitrogens with zero attached hydrogens (tertiary/aromatic N) is 1. The molecule has 1 unspecified atom stereocenters. The fourth-order valence-corrected chi connectivity index (χ4v) is 1.93. The van der Waals surface area contributed by atoms with Crippen molar-refractivity contribution in [2.75, 3.05) is 7.11 Å². The molecule has 2 rings (SSSR count). The molecule has 2 N–H and O–H groups in total. The maximum atomic E-state index is 11.5. The molecule has 21 heavy (non-hydrogen) atoms. The number of carbonyl (C=O) groups excluding carboxylic acids is 1. The van der Waals surface area contributed by atoms with E-state index in [1.54, 1.807) is 0 Å². The SMILES string of the molecule is COC(=O)c1ccnc(C(=N)C(O)Cc2ccccc2)c1. The Labute approximate surface area is 122 Å². The van der Waals surface area contributed by atoms with Crippen LogP contribution in [-0.2, 0) is 11.2 Å². The zero-order valence-electron chi connectivity index (χ0n) is 11.6. The predicted octanol–water partition coefficient (Wildman–Crippen LogP) is 1.84. The van der Waals surface area contributed by atoms with Crippen LogP contribution in [0.1, 0.15) is 21.6 Å². The van der Waals surface area contributed by atoms with Crippen molar-refractivity contribution >= 4 is 11.7 Å². The number of pyridine rings is 1. The fraction of sp³-hybridized carbons (Fsp3) is 0.188. The summed E-state index contributed by atoms with van der Waals surface area (Å²) in [6.07, 6.45) is 0.766. The number of esters is 1. The highest BCUT2D eigenvalue weighted by molar-refractivity contribution is 6.01. The van der Waals surface area contributed by atoms with Crippen molar-refractivity contribution in [1.29, 1.82) is 5.41 Å². The van der Waals surface area contributed by atoms with Gasteiger partial charge in [-0.05, 0) is 17.7 Å². The molecule has 2 aromatic rings. The molecule has 1 aromatic heterocycles. The highest BCUT2D eigenvalue weighted by Crippen LogP contribution is 2.10. The quantitative estimate of drug-likeness (QED) is 0.648. The molecule has 1 heterocycles. The summed E-state index contributed by atoms with van der Waals surface area (Å²) in [6.45, 7) is 0. The summed E-state index contributed by atoms with van der Waals surface area (Å²) < 4.78 is 4.63. The van der Waals surface area contributed by atoms with Crippen molar-refractivity contribution in [3.63, 3.8) is 0 Å². The monoisotopic (exact) mass is 284 g/mol. The maximum absolute atomic E-state index is 11.5. The number of methoxy groups -OCH3 is 1. The molecule has 0 fully saturated rings. The van der Waals surface area contributed by atoms with Crippen molar-refractivity contribution in [1.82, 2.24) is 4.98 Å². The van der Waals surface area contributed by atoms with Gasteiger partial charge in [0.15, 0.2) is 0 Å². The maximum Gasteiger partial charge on any atom is 0.337 e. The Morgan fingerprint density at radius 2 is 2.05 bits per heavy atom. The Kier molecular flexibility index (Phi) is 4.79. The van der Waals surface area contributed by atoms with Gasteiger partial charge in [-0.2, -0.15) is 0 Å². The molecule has 1 atom stereocenters. The highest BCUT2D eigenvalue weighted by Gasteiger charge is 2.16. The Morgan fingerprint density at radius 1 is 1.33 bits per heavy atom. The number of benzene rings is 1. The van der Waals surface area contributed by atoms with E-state index in [1.165, 1.54) is 25.4 Å². The number of aliphatic hydroxyl groups excluding tert-OH is 1. The summed E-state index contributed by atoms with van der Waals surface area (Å²) in [5, 5.41) is 18.1. The van der Waals surface area contributed by atoms with Gasteiger partial charge in [-0.15, -0.1) is 0 Å². The van der Waals surface area contributed by atoms with Gasteiger partial charge in [0.2, 0.25) is 0 Å². The molecule has 0 aliphatic carbocycles. The summed E-state index contributed by atoms with van der Waals surface area (Å²) in [6, 6.07) is 12.4. The number of hydrogen-bond acceptors (Lipinski definition) is 5. The molecule has 5 nitrogen and oxygen atoms in total. The van der Waals surface area contributed by atoms with Crippen molar-refractivity contribution in [3.05, 3.63) is 65.5 Å². The molecule has 0 saturated carbocycles. The van der Waals surface area contributed by atoms with E-state index in [2.05, 4.69) is 9.72 Å². The molecule has 0 bridgehead atoms. The molecule has 5 heteroatoms. The van der Waals surface area contributed by atoms with Gasteiger partial charge in [0.25, 0.3) is 0 Å². The van der Waals surface area contributed by atoms with Crippen LogP contribution in [0.3, 0.4) is 0 Å². The second-order valence-electron chi connectivity index (χ2n) is 4.54. The average Bonchev–Trinajstić information content (AvgIpc) is 2.54. The highest BCUT2D eigenvalue weighted by atomic mass is 16.5. The van der Waals surface area contributed by atoms with Crippen LogP contribution < -0.4 is 0 Å². The lowest BCUT2D eigenvalue weighted by atomic mass is 10.0. The van der Waals surface area contributed by atoms with Gasteiger partial charge < -0.3 is 15.3 Å². The molecule has 0 amide bonds. The van der Waals surface area contributed by atoms with Crippen molar-refractivity contribution in [2.24, 2.45) is 0 Å². The van der Waals surface area contributed by atoms with Crippen LogP contribution in [0, 0.1) is 5.41 Å². The van der Waals surface area contributed by atoms with Crippen molar-refractivity contribution in [2.45, 2.75) is 12.5 Å². The molecule has 0 spiro atoms. The number of hydrogen-bond donors (Lipinski definition) is 2. The van der Waals surface area contributed by atoms with Crippen LogP contribution in [0.2, 0.25) is 0 Å². The van der Waals surface area contributed by atoms with Crippen LogP contribution in [-0.4, -0.2) is 35.0 Å². The largest absolute Gasteiger partial charge is 0.465 e. The van der Waals surface area contributed by atoms with E-state index in [1.807, 2.05) is 30.3 Å². The van der Waals surface area contributed by atoms with Gasteiger partial charge in [-0.3, -0.25) is 4.98 Å². The minimum atomic E-state index is -0.979. The number of aliphatic hydroxyl groups is 1. The third kappa shape index (κ3) is 3.73. The second-order valence-corrected chi connectivity index (χ2v) is 4.54. The van der Waals surface area contributed by atoms with Gasteiger partial charge >= 0.3 is 5.97 Å². The normalized spacial score (nSPS) is 11.7. The Morgan fingerprint density at radius 3 is 2.71 bits per heavy atom. The lowest BCUT2D eigenvalue weighted by Crippen LogP contribution is -2.24. The van der Waals surface area contributed by atoms with E-state index in [-0.39, 0.29) is 11.4 Å². The van der Waals surface area contributed by atoms with E-state index in [4.69, 9.17) is 5.41 Å². The van der Waals surface area contributed by atoms with Crippen LogP contribution in [0.15, 0.2) is 48.7 Å². The molecular weight excluding hydrogens is 268 g/mol. The summed E-state index contributed by atoms with van der Waals surface area (Å²) >= 11 is 0. The molecule has 0 aliphatic rings. The van der Waals surface area contributed by atoms with Gasteiger partial charge in [0.1, 0.15) is 6.10 Å². The van der Waals surface area contributed by atoms with Crippen LogP contribution in [0.5, 0.6) is 0 Å². The summed E-state index contributed by atoms with van der Waals surface area (Å²) in [4.78, 5) is 15.5. The Hall–Kier alpha value is -2.53. The van der Waals surface area contributed by atoms with Crippen molar-refractivity contribution < 1.29 is 14.6 Å². The van der Waals surface area contributed by atoms with E-state index in [9.17, 15) is 9.90 Å². The Bertz CT molecular complexity index is 641. The molecule has 0 aliphatic heterocycles. The van der Waals surface area contributed by atoms with Gasteiger partial charge in [0, 0.05) is 12.6 Å². The van der Waals surface area contributed by atoms with Crippen LogP contribution in [0.25, 0.3) is 0 Å². The molecule has 108 valence electrons. The zero-order valence-corrected chi connectivity index (χ0v) is 11.6. The van der Waals surface area contributed by atoms with Crippen LogP contribution >= 0.6 is 0 Å². The van der Waals surface area contributed by atoms with Gasteiger partial charge in [-0.1, -0.05) is 30.3 Å². The molecular formula is C16H16N2O3. The number of aromatic nitrogens is 1. The topological polar surface area (TPSA) is 83.3 Å². The molecule has 0 radical (unpaired) electrons. The first-order valence-corrected chi connectivity index (χ1v) is 6.47. The lowest BCUT2D eigenvalue weighted by molar-refractivity contribution is 0.0600. The number of nitrogens with one attached hydrogen (secondary N) is 1. The van der Waals surface area contributed by atoms with Crippen LogP contribution in [0.4, 0.5) is 0 Å². The Balaban J connectivity index is 2.14. The third-order valence-corrected chi connectivity index (χ3v) is 3.06. The molecule has 1 aromatic carbocycles. The first kappa shape index (κ1) is 14.9. The average molecular weight is 284 g/mol. The third-order valence-electron chi connectivity index (χ3n) is 3.06. The van der Waals surface area contributed by atoms with E-state index >= 15 is 0 Å². The summed E-state index contributed by atoms with van der Waals surface area (Å²) in [5.74, 6) is -0.496. The zero-order chi connectivity index (χ0) is 15.2. The summed E-state index contributed by atoms with van der Waals surface area (Å²) in [5.41, 5.74) is 1.48.